The fourth-order valence-electron chi connectivity index (χ4n) is 9.72. The summed E-state index contributed by atoms with van der Waals surface area (Å²) in [7, 11) is -0.760. The quantitative estimate of drug-likeness (QED) is 0.0996. The predicted octanol–water partition coefficient (Wildman–Crippen LogP) is 8.53. The van der Waals surface area contributed by atoms with Crippen LogP contribution in [0.2, 0.25) is 0 Å². The standard InChI is InChI=1S/C51H65N5O10S2/c1-31(2)56-38-18-14-17-37(45-52-35(30-67-45)23-32-19-20-41(63-7)42(24-32)64-8)44(38)53-48(56)65-36-26-39-40(57)28-51(47(60)54-68(61,62)50(6)21-22-50)27-34(51)16-13-11-9-10-12-15-33(46(59)55(39)29-36)25-43(58)66-49(3,4)5/h13-14,16-20,24,30-31,33-34,36,39H,9-12,15,21-23,25-29H2,1-8H3,(H,54,60)/b16-13-/t33-,34-,36-,39+,51-/m1/s1. The molecule has 2 aromatic heterocycles. The number of allylic oxidation sites excluding steroid dienone is 2. The van der Waals surface area contributed by atoms with Crippen LogP contribution >= 0.6 is 11.3 Å². The van der Waals surface area contributed by atoms with Gasteiger partial charge in [0.2, 0.25) is 21.8 Å². The first-order chi connectivity index (χ1) is 32.2. The van der Waals surface area contributed by atoms with Crippen LogP contribution in [0.4, 0.5) is 0 Å². The molecule has 0 spiro atoms. The number of hydrogen-bond donors (Lipinski definition) is 1. The van der Waals surface area contributed by atoms with Crippen molar-refractivity contribution in [1.29, 1.82) is 0 Å². The number of nitrogens with zero attached hydrogens (tertiary/aromatic N) is 4. The summed E-state index contributed by atoms with van der Waals surface area (Å²) in [5, 5.41) is 2.82. The number of hydrogen-bond acceptors (Lipinski definition) is 13. The van der Waals surface area contributed by atoms with E-state index in [1.54, 1.807) is 41.9 Å². The van der Waals surface area contributed by atoms with E-state index in [9.17, 15) is 27.6 Å². The van der Waals surface area contributed by atoms with Gasteiger partial charge in [-0.15, -0.1) is 11.3 Å². The smallest absolute Gasteiger partial charge is 0.307 e. The number of carbonyl (C=O) groups is 4. The van der Waals surface area contributed by atoms with E-state index in [0.717, 1.165) is 46.6 Å². The zero-order valence-corrected chi connectivity index (χ0v) is 42.1. The van der Waals surface area contributed by atoms with Gasteiger partial charge in [-0.1, -0.05) is 37.1 Å². The van der Waals surface area contributed by atoms with Crippen LogP contribution in [0, 0.1) is 17.3 Å². The number of amides is 2. The van der Waals surface area contributed by atoms with E-state index < -0.39 is 55.7 Å². The lowest BCUT2D eigenvalue weighted by atomic mass is 9.90. The molecule has 0 radical (unpaired) electrons. The third-order valence-electron chi connectivity index (χ3n) is 13.9. The van der Waals surface area contributed by atoms with Crippen LogP contribution < -0.4 is 18.9 Å². The van der Waals surface area contributed by atoms with Crippen molar-refractivity contribution < 1.29 is 46.5 Å². The van der Waals surface area contributed by atoms with Crippen LogP contribution in [0.5, 0.6) is 17.5 Å². The molecular formula is C51H65N5O10S2. The maximum Gasteiger partial charge on any atom is 0.307 e. The Balaban J connectivity index is 1.10. The maximum absolute atomic E-state index is 14.9. The molecule has 4 aliphatic rings. The lowest BCUT2D eigenvalue weighted by Crippen LogP contribution is -2.47. The third kappa shape index (κ3) is 10.3. The lowest BCUT2D eigenvalue weighted by molar-refractivity contribution is -0.159. The third-order valence-corrected chi connectivity index (χ3v) is 17.0. The summed E-state index contributed by atoms with van der Waals surface area (Å²) < 4.78 is 53.5. The number of imidazole rings is 1. The summed E-state index contributed by atoms with van der Waals surface area (Å²) in [5.41, 5.74) is 2.22. The molecule has 2 aromatic carbocycles. The summed E-state index contributed by atoms with van der Waals surface area (Å²) in [6.45, 7) is 11.1. The molecule has 2 aliphatic heterocycles. The predicted molar refractivity (Wildman–Crippen MR) is 259 cm³/mol. The van der Waals surface area contributed by atoms with E-state index in [0.29, 0.717) is 61.6 Å². The Morgan fingerprint density at radius 1 is 1.01 bits per heavy atom. The molecule has 1 saturated heterocycles. The minimum Gasteiger partial charge on any atom is -0.493 e. The summed E-state index contributed by atoms with van der Waals surface area (Å²) >= 11 is 1.52. The van der Waals surface area contributed by atoms with Gasteiger partial charge in [0.25, 0.3) is 6.01 Å². The zero-order chi connectivity index (χ0) is 48.8. The molecule has 2 amide bonds. The number of esters is 1. The maximum atomic E-state index is 14.9. The van der Waals surface area contributed by atoms with E-state index in [2.05, 4.69) is 4.72 Å². The second kappa shape index (κ2) is 19.2. The Morgan fingerprint density at radius 3 is 2.49 bits per heavy atom. The second-order valence-corrected chi connectivity index (χ2v) is 23.6. The topological polar surface area (TPSA) is 185 Å². The molecule has 1 N–H and O–H groups in total. The first-order valence-electron chi connectivity index (χ1n) is 23.9. The molecule has 8 rings (SSSR count). The number of thiazole rings is 1. The van der Waals surface area contributed by atoms with Gasteiger partial charge >= 0.3 is 5.97 Å². The molecule has 366 valence electrons. The van der Waals surface area contributed by atoms with Crippen molar-refractivity contribution in [2.24, 2.45) is 17.3 Å². The molecular weight excluding hydrogens is 907 g/mol. The van der Waals surface area contributed by atoms with Gasteiger partial charge in [-0.3, -0.25) is 28.5 Å². The molecule has 4 heterocycles. The molecule has 3 fully saturated rings. The zero-order valence-electron chi connectivity index (χ0n) is 40.5. The molecule has 4 aromatic rings. The molecule has 2 aliphatic carbocycles. The van der Waals surface area contributed by atoms with Gasteiger partial charge < -0.3 is 23.8 Å². The van der Waals surface area contributed by atoms with Gasteiger partial charge in [-0.25, -0.2) is 13.4 Å². The highest BCUT2D eigenvalue weighted by molar-refractivity contribution is 7.91. The summed E-state index contributed by atoms with van der Waals surface area (Å²) in [4.78, 5) is 68.9. The Morgan fingerprint density at radius 2 is 1.78 bits per heavy atom. The summed E-state index contributed by atoms with van der Waals surface area (Å²) in [6, 6.07) is 11.0. The minimum atomic E-state index is -3.98. The number of carbonyl (C=O) groups excluding carboxylic acids is 4. The fourth-order valence-corrected chi connectivity index (χ4v) is 11.9. The number of sulfonamides is 1. The number of para-hydroxylation sites is 1. The monoisotopic (exact) mass is 971 g/mol. The summed E-state index contributed by atoms with van der Waals surface area (Å²) in [5.74, 6) is -1.69. The van der Waals surface area contributed by atoms with E-state index in [-0.39, 0.29) is 49.5 Å². The molecule has 5 atom stereocenters. The van der Waals surface area contributed by atoms with Crippen molar-refractivity contribution in [2.75, 3.05) is 20.8 Å². The largest absolute Gasteiger partial charge is 0.493 e. The Labute approximate surface area is 403 Å². The fraction of sp³-hybridized carbons (Fsp3) is 0.569. The van der Waals surface area contributed by atoms with Gasteiger partial charge in [0.15, 0.2) is 17.3 Å². The minimum absolute atomic E-state index is 0.0372. The second-order valence-electron chi connectivity index (χ2n) is 20.6. The number of fused-ring (bicyclic) bond motifs is 3. The number of ketones is 1. The van der Waals surface area contributed by atoms with Gasteiger partial charge in [0.1, 0.15) is 22.2 Å². The first-order valence-corrected chi connectivity index (χ1v) is 26.2. The summed E-state index contributed by atoms with van der Waals surface area (Å²) in [6.07, 6.45) is 8.24. The molecule has 68 heavy (non-hydrogen) atoms. The number of benzene rings is 2. The highest BCUT2D eigenvalue weighted by Crippen LogP contribution is 2.58. The number of rotatable bonds is 13. The molecule has 0 unspecified atom stereocenters. The average Bonchev–Trinajstić information content (AvgIpc) is 3.97. The van der Waals surface area contributed by atoms with Crippen molar-refractivity contribution >= 4 is 56.0 Å². The van der Waals surface area contributed by atoms with Gasteiger partial charge in [0.05, 0.1) is 54.6 Å². The number of methoxy groups -OCH3 is 2. The molecule has 15 nitrogen and oxygen atoms in total. The Hall–Kier alpha value is -5.29. The Bertz CT molecular complexity index is 2710. The van der Waals surface area contributed by atoms with Crippen LogP contribution in [0.15, 0.2) is 53.9 Å². The van der Waals surface area contributed by atoms with Gasteiger partial charge in [0, 0.05) is 42.2 Å². The van der Waals surface area contributed by atoms with E-state index in [4.69, 9.17) is 28.9 Å². The highest BCUT2D eigenvalue weighted by atomic mass is 32.2. The van der Waals surface area contributed by atoms with Crippen LogP contribution in [-0.2, 0) is 40.4 Å². The lowest BCUT2D eigenvalue weighted by Gasteiger charge is -2.29. The van der Waals surface area contributed by atoms with Crippen molar-refractivity contribution in [1.82, 2.24) is 24.2 Å². The van der Waals surface area contributed by atoms with E-state index in [1.807, 2.05) is 72.3 Å². The van der Waals surface area contributed by atoms with Crippen molar-refractivity contribution in [3.05, 3.63) is 65.2 Å². The molecule has 2 saturated carbocycles. The van der Waals surface area contributed by atoms with E-state index in [1.165, 1.54) is 16.2 Å². The first kappa shape index (κ1) is 49.1. The molecule has 0 bridgehead atoms. The van der Waals surface area contributed by atoms with E-state index >= 15 is 0 Å². The van der Waals surface area contributed by atoms with Crippen LogP contribution in [0.3, 0.4) is 0 Å². The van der Waals surface area contributed by atoms with Crippen molar-refractivity contribution in [2.45, 2.75) is 147 Å². The van der Waals surface area contributed by atoms with Crippen molar-refractivity contribution in [3.63, 3.8) is 0 Å². The number of aromatic nitrogens is 3. The van der Waals surface area contributed by atoms with Crippen molar-refractivity contribution in [3.8, 4) is 28.1 Å². The SMILES string of the molecule is COc1ccc(Cc2csc(-c3cccc4c3nc(O[C@@H]3C[C@H]5C(=O)C[C@]6(C(=O)NS(=O)(=O)C7(C)CC7)C[C@H]6/C=C\CCCCC[C@H](CC(=O)OC(C)(C)C)C(=O)N5C3)n4C(C)C)n2)cc1OC. The van der Waals surface area contributed by atoms with Gasteiger partial charge in [-0.05, 0) is 116 Å². The molecule has 17 heteroatoms. The van der Waals surface area contributed by atoms with Crippen LogP contribution in [0.1, 0.15) is 129 Å². The highest BCUT2D eigenvalue weighted by Gasteiger charge is 2.62. The Kier molecular flexibility index (Phi) is 13.9. The van der Waals surface area contributed by atoms with Crippen LogP contribution in [-0.4, -0.2) is 94.7 Å². The van der Waals surface area contributed by atoms with Crippen LogP contribution in [0.25, 0.3) is 21.6 Å². The number of nitrogens with one attached hydrogen (secondary N) is 1. The number of ether oxygens (including phenoxy) is 4. The number of Topliss-reactive ketones (excluding diaryl/α,β-unsaturated/α-hetero) is 1. The normalized spacial score (nSPS) is 24.6. The average molecular weight is 972 g/mol. The van der Waals surface area contributed by atoms with Gasteiger partial charge in [-0.2, -0.15) is 4.98 Å².